The third kappa shape index (κ3) is 2.63. The number of nitrogens with two attached hydrogens (primary N) is 1. The van der Waals surface area contributed by atoms with Gasteiger partial charge in [-0.1, -0.05) is 0 Å². The summed E-state index contributed by atoms with van der Waals surface area (Å²) >= 11 is 1.80. The fraction of sp³-hybridized carbons (Fsp3) is 0.214. The summed E-state index contributed by atoms with van der Waals surface area (Å²) in [5.41, 5.74) is 9.07. The number of nitrogens with one attached hydrogen (secondary N) is 1. The van der Waals surface area contributed by atoms with Crippen LogP contribution in [0.15, 0.2) is 24.3 Å². The van der Waals surface area contributed by atoms with E-state index in [1.165, 1.54) is 15.3 Å². The van der Waals surface area contributed by atoms with Gasteiger partial charge in [0.05, 0.1) is 11.3 Å². The van der Waals surface area contributed by atoms with Gasteiger partial charge >= 0.3 is 0 Å². The minimum atomic E-state index is 0.515. The van der Waals surface area contributed by atoms with E-state index in [-0.39, 0.29) is 0 Å². The number of anilines is 2. The zero-order valence-electron chi connectivity index (χ0n) is 10.4. The summed E-state index contributed by atoms with van der Waals surface area (Å²) in [6.07, 6.45) is 0. The molecule has 92 valence electrons. The van der Waals surface area contributed by atoms with Gasteiger partial charge in [0.1, 0.15) is 6.07 Å². The van der Waals surface area contributed by atoms with Crippen molar-refractivity contribution in [3.63, 3.8) is 0 Å². The van der Waals surface area contributed by atoms with Crippen LogP contribution in [0.3, 0.4) is 0 Å². The van der Waals surface area contributed by atoms with Crippen molar-refractivity contribution in [1.29, 1.82) is 5.26 Å². The first kappa shape index (κ1) is 12.5. The molecule has 18 heavy (non-hydrogen) atoms. The summed E-state index contributed by atoms with van der Waals surface area (Å²) in [5.74, 6) is 0. The van der Waals surface area contributed by atoms with Gasteiger partial charge in [0.25, 0.3) is 0 Å². The first-order chi connectivity index (χ1) is 8.60. The average molecular weight is 257 g/mol. The lowest BCUT2D eigenvalue weighted by molar-refractivity contribution is 1.19. The number of hydrogen-bond donors (Lipinski definition) is 2. The van der Waals surface area contributed by atoms with Crippen molar-refractivity contribution in [1.82, 2.24) is 0 Å². The molecule has 1 heterocycles. The van der Waals surface area contributed by atoms with Gasteiger partial charge in [-0.05, 0) is 43.7 Å². The van der Waals surface area contributed by atoms with Gasteiger partial charge in [-0.15, -0.1) is 11.3 Å². The maximum absolute atomic E-state index is 8.80. The molecule has 0 aliphatic carbocycles. The molecule has 2 aromatic rings. The number of nitriles is 1. The Balaban J connectivity index is 2.07. The van der Waals surface area contributed by atoms with E-state index in [2.05, 4.69) is 31.3 Å². The number of benzene rings is 1. The predicted molar refractivity (Wildman–Crippen MR) is 76.7 cm³/mol. The lowest BCUT2D eigenvalue weighted by Crippen LogP contribution is -1.99. The minimum absolute atomic E-state index is 0.515. The van der Waals surface area contributed by atoms with Gasteiger partial charge in [0.2, 0.25) is 0 Å². The van der Waals surface area contributed by atoms with Crippen LogP contribution >= 0.6 is 11.3 Å². The molecule has 0 fully saturated rings. The van der Waals surface area contributed by atoms with Crippen molar-refractivity contribution in [2.24, 2.45) is 0 Å². The third-order valence-corrected chi connectivity index (χ3v) is 4.01. The van der Waals surface area contributed by atoms with Crippen LogP contribution in [0.2, 0.25) is 0 Å². The van der Waals surface area contributed by atoms with Crippen LogP contribution in [0.1, 0.15) is 20.9 Å². The Bertz CT molecular complexity index is 588. The van der Waals surface area contributed by atoms with Crippen LogP contribution in [0.4, 0.5) is 11.4 Å². The van der Waals surface area contributed by atoms with E-state index in [4.69, 9.17) is 11.0 Å². The molecule has 0 aliphatic rings. The molecule has 1 aromatic heterocycles. The second kappa shape index (κ2) is 5.11. The van der Waals surface area contributed by atoms with Crippen LogP contribution in [0, 0.1) is 25.2 Å². The van der Waals surface area contributed by atoms with E-state index in [9.17, 15) is 0 Å². The molecule has 0 saturated heterocycles. The lowest BCUT2D eigenvalue weighted by atomic mass is 10.2. The first-order valence-corrected chi connectivity index (χ1v) is 6.51. The number of aryl methyl sites for hydroxylation is 2. The molecule has 3 N–H and O–H groups in total. The van der Waals surface area contributed by atoms with E-state index in [0.29, 0.717) is 11.3 Å². The van der Waals surface area contributed by atoms with Crippen molar-refractivity contribution >= 4 is 22.7 Å². The van der Waals surface area contributed by atoms with Crippen LogP contribution in [-0.2, 0) is 6.54 Å². The van der Waals surface area contributed by atoms with Crippen LogP contribution in [0.5, 0.6) is 0 Å². The smallest absolute Gasteiger partial charge is 0.101 e. The molecule has 0 saturated carbocycles. The number of thiophene rings is 1. The topological polar surface area (TPSA) is 61.8 Å². The number of hydrogen-bond acceptors (Lipinski definition) is 4. The summed E-state index contributed by atoms with van der Waals surface area (Å²) in [6.45, 7) is 5.03. The SMILES string of the molecule is Cc1cc(CNc2ccc(C#N)c(N)c2)sc1C. The summed E-state index contributed by atoms with van der Waals surface area (Å²) < 4.78 is 0. The fourth-order valence-corrected chi connectivity index (χ4v) is 2.69. The Hall–Kier alpha value is -1.99. The van der Waals surface area contributed by atoms with Crippen molar-refractivity contribution < 1.29 is 0 Å². The Kier molecular flexibility index (Phi) is 3.54. The van der Waals surface area contributed by atoms with Gasteiger partial charge in [0, 0.05) is 22.0 Å². The number of nitrogen functional groups attached to an aromatic ring is 1. The second-order valence-electron chi connectivity index (χ2n) is 4.22. The van der Waals surface area contributed by atoms with Crippen molar-refractivity contribution in [2.75, 3.05) is 11.1 Å². The first-order valence-electron chi connectivity index (χ1n) is 5.69. The Morgan fingerprint density at radius 3 is 2.67 bits per heavy atom. The number of nitrogens with zero attached hydrogens (tertiary/aromatic N) is 1. The highest BCUT2D eigenvalue weighted by atomic mass is 32.1. The van der Waals surface area contributed by atoms with Gasteiger partial charge < -0.3 is 11.1 Å². The normalized spacial score (nSPS) is 10.1. The average Bonchev–Trinajstić information content (AvgIpc) is 2.66. The monoisotopic (exact) mass is 257 g/mol. The van der Waals surface area contributed by atoms with Crippen molar-refractivity contribution in [3.8, 4) is 6.07 Å². The highest BCUT2D eigenvalue weighted by molar-refractivity contribution is 7.12. The lowest BCUT2D eigenvalue weighted by Gasteiger charge is -2.06. The zero-order chi connectivity index (χ0) is 13.1. The van der Waals surface area contributed by atoms with E-state index in [1.807, 2.05) is 6.07 Å². The molecule has 0 unspecified atom stereocenters. The maximum atomic E-state index is 8.80. The van der Waals surface area contributed by atoms with Crippen molar-refractivity contribution in [3.05, 3.63) is 45.1 Å². The Labute approximate surface area is 111 Å². The van der Waals surface area contributed by atoms with Crippen LogP contribution in [0.25, 0.3) is 0 Å². The number of rotatable bonds is 3. The Morgan fingerprint density at radius 2 is 2.11 bits per heavy atom. The van der Waals surface area contributed by atoms with Gasteiger partial charge in [0.15, 0.2) is 0 Å². The van der Waals surface area contributed by atoms with Crippen molar-refractivity contribution in [2.45, 2.75) is 20.4 Å². The predicted octanol–water partition coefficient (Wildman–Crippen LogP) is 3.43. The molecule has 4 heteroatoms. The molecular weight excluding hydrogens is 242 g/mol. The fourth-order valence-electron chi connectivity index (χ4n) is 1.70. The summed E-state index contributed by atoms with van der Waals surface area (Å²) in [7, 11) is 0. The summed E-state index contributed by atoms with van der Waals surface area (Å²) in [6, 6.07) is 9.66. The van der Waals surface area contributed by atoms with Gasteiger partial charge in [-0.25, -0.2) is 0 Å². The minimum Gasteiger partial charge on any atom is -0.398 e. The quantitative estimate of drug-likeness (QED) is 0.828. The molecule has 0 radical (unpaired) electrons. The zero-order valence-corrected chi connectivity index (χ0v) is 11.3. The molecule has 0 amide bonds. The van der Waals surface area contributed by atoms with E-state index < -0.39 is 0 Å². The second-order valence-corrected chi connectivity index (χ2v) is 5.56. The molecule has 1 aromatic carbocycles. The van der Waals surface area contributed by atoms with Gasteiger partial charge in [-0.2, -0.15) is 5.26 Å². The molecule has 0 bridgehead atoms. The molecule has 0 spiro atoms. The Morgan fingerprint density at radius 1 is 1.33 bits per heavy atom. The largest absolute Gasteiger partial charge is 0.398 e. The molecule has 2 rings (SSSR count). The van der Waals surface area contributed by atoms with Crippen LogP contribution in [-0.4, -0.2) is 0 Å². The highest BCUT2D eigenvalue weighted by Crippen LogP contribution is 2.23. The summed E-state index contributed by atoms with van der Waals surface area (Å²) in [4.78, 5) is 2.65. The van der Waals surface area contributed by atoms with E-state index in [0.717, 1.165) is 12.2 Å². The molecular formula is C14H15N3S. The molecule has 3 nitrogen and oxygen atoms in total. The molecule has 0 atom stereocenters. The summed E-state index contributed by atoms with van der Waals surface area (Å²) in [5, 5.41) is 12.1. The third-order valence-electron chi connectivity index (χ3n) is 2.86. The van der Waals surface area contributed by atoms with Gasteiger partial charge in [-0.3, -0.25) is 0 Å². The van der Waals surface area contributed by atoms with Crippen LogP contribution < -0.4 is 11.1 Å². The van der Waals surface area contributed by atoms with E-state index in [1.54, 1.807) is 23.5 Å². The molecule has 0 aliphatic heterocycles. The maximum Gasteiger partial charge on any atom is 0.101 e. The van der Waals surface area contributed by atoms with E-state index >= 15 is 0 Å². The standard InChI is InChI=1S/C14H15N3S/c1-9-5-13(18-10(9)2)8-17-12-4-3-11(7-15)14(16)6-12/h3-6,17H,8,16H2,1-2H3. The highest BCUT2D eigenvalue weighted by Gasteiger charge is 2.03.